The first-order chi connectivity index (χ1) is 6.40. The van der Waals surface area contributed by atoms with Crippen LogP contribution in [-0.4, -0.2) is 17.1 Å². The zero-order chi connectivity index (χ0) is 9.10. The lowest BCUT2D eigenvalue weighted by molar-refractivity contribution is 0.258. The van der Waals surface area contributed by atoms with E-state index in [0.29, 0.717) is 0 Å². The van der Waals surface area contributed by atoms with Crippen molar-refractivity contribution in [3.8, 4) is 0 Å². The summed E-state index contributed by atoms with van der Waals surface area (Å²) in [6, 6.07) is 1.82. The normalized spacial score (nSPS) is 15.5. The lowest BCUT2D eigenvalue weighted by Crippen LogP contribution is -2.03. The van der Waals surface area contributed by atoms with Crippen LogP contribution in [-0.2, 0) is 4.74 Å². The van der Waals surface area contributed by atoms with E-state index in [1.165, 1.54) is 4.91 Å². The van der Waals surface area contributed by atoms with Gasteiger partial charge in [0.05, 0.1) is 7.11 Å². The van der Waals surface area contributed by atoms with Crippen molar-refractivity contribution in [2.75, 3.05) is 7.11 Å². The van der Waals surface area contributed by atoms with Gasteiger partial charge >= 0.3 is 0 Å². The van der Waals surface area contributed by atoms with Gasteiger partial charge in [0.25, 0.3) is 0 Å². The minimum atomic E-state index is 0.798. The Balaban J connectivity index is 2.07. The Morgan fingerprint density at radius 3 is 2.62 bits per heavy atom. The molecule has 0 N–H and O–H groups in total. The predicted octanol–water partition coefficient (Wildman–Crippen LogP) is 2.22. The average molecular weight is 194 g/mol. The number of ether oxygens (including phenoxy) is 1. The van der Waals surface area contributed by atoms with Crippen LogP contribution < -0.4 is 0 Å². The van der Waals surface area contributed by atoms with Crippen LogP contribution in [0.3, 0.4) is 0 Å². The zero-order valence-electron chi connectivity index (χ0n) is 7.36. The molecule has 0 aromatic carbocycles. The maximum absolute atomic E-state index is 5.17. The van der Waals surface area contributed by atoms with Gasteiger partial charge in [-0.15, -0.1) is 0 Å². The third kappa shape index (κ3) is 1.83. The molecule has 0 amide bonds. The molecule has 0 unspecified atom stereocenters. The van der Waals surface area contributed by atoms with Gasteiger partial charge in [0.15, 0.2) is 5.16 Å². The first-order valence-corrected chi connectivity index (χ1v) is 4.92. The second-order valence-corrected chi connectivity index (χ2v) is 3.75. The van der Waals surface area contributed by atoms with E-state index in [4.69, 9.17) is 4.74 Å². The van der Waals surface area contributed by atoms with Gasteiger partial charge in [-0.1, -0.05) is 11.8 Å². The largest absolute Gasteiger partial charge is 0.500 e. The molecule has 68 valence electrons. The van der Waals surface area contributed by atoms with Gasteiger partial charge in [-0.25, -0.2) is 9.97 Å². The van der Waals surface area contributed by atoms with Crippen molar-refractivity contribution in [2.45, 2.75) is 18.0 Å². The average Bonchev–Trinajstić information content (AvgIpc) is 2.15. The van der Waals surface area contributed by atoms with Gasteiger partial charge in [0.2, 0.25) is 0 Å². The van der Waals surface area contributed by atoms with Crippen LogP contribution in [0.1, 0.15) is 12.8 Å². The van der Waals surface area contributed by atoms with Crippen molar-refractivity contribution in [1.29, 1.82) is 0 Å². The number of hydrogen-bond acceptors (Lipinski definition) is 4. The van der Waals surface area contributed by atoms with E-state index in [9.17, 15) is 0 Å². The van der Waals surface area contributed by atoms with Crippen molar-refractivity contribution < 1.29 is 4.74 Å². The number of aromatic nitrogens is 2. The smallest absolute Gasteiger partial charge is 0.192 e. The highest BCUT2D eigenvalue weighted by molar-refractivity contribution is 8.03. The van der Waals surface area contributed by atoms with E-state index in [-0.39, 0.29) is 0 Å². The van der Waals surface area contributed by atoms with Crippen LogP contribution in [0.25, 0.3) is 0 Å². The minimum absolute atomic E-state index is 0.798. The summed E-state index contributed by atoms with van der Waals surface area (Å²) in [6.45, 7) is 0. The van der Waals surface area contributed by atoms with Crippen molar-refractivity contribution >= 4 is 11.8 Å². The molecule has 0 radical (unpaired) electrons. The molecule has 0 saturated carbocycles. The third-order valence-corrected chi connectivity index (χ3v) is 2.96. The van der Waals surface area contributed by atoms with Gasteiger partial charge in [0, 0.05) is 23.7 Å². The second-order valence-electron chi connectivity index (χ2n) is 2.68. The number of allylic oxidation sites excluding steroid dienone is 2. The van der Waals surface area contributed by atoms with Gasteiger partial charge in [0.1, 0.15) is 5.76 Å². The summed E-state index contributed by atoms with van der Waals surface area (Å²) < 4.78 is 5.17. The topological polar surface area (TPSA) is 35.0 Å². The Morgan fingerprint density at radius 2 is 2.08 bits per heavy atom. The Labute approximate surface area is 81.2 Å². The van der Waals surface area contributed by atoms with E-state index in [1.807, 2.05) is 6.07 Å². The summed E-state index contributed by atoms with van der Waals surface area (Å²) in [6.07, 6.45) is 5.64. The van der Waals surface area contributed by atoms with E-state index < -0.39 is 0 Å². The second kappa shape index (κ2) is 3.79. The lowest BCUT2D eigenvalue weighted by atomic mass is 10.1. The van der Waals surface area contributed by atoms with Gasteiger partial charge in [-0.3, -0.25) is 0 Å². The van der Waals surface area contributed by atoms with E-state index in [2.05, 4.69) is 9.97 Å². The first kappa shape index (κ1) is 8.56. The van der Waals surface area contributed by atoms with Gasteiger partial charge in [-0.2, -0.15) is 0 Å². The molecule has 1 aliphatic rings. The van der Waals surface area contributed by atoms with Crippen LogP contribution in [0.5, 0.6) is 0 Å². The molecule has 0 aliphatic heterocycles. The summed E-state index contributed by atoms with van der Waals surface area (Å²) >= 11 is 1.60. The fraction of sp³-hybridized carbons (Fsp3) is 0.333. The summed E-state index contributed by atoms with van der Waals surface area (Å²) in [7, 11) is 1.71. The summed E-state index contributed by atoms with van der Waals surface area (Å²) in [5.74, 6) is 1.08. The molecule has 0 bridgehead atoms. The minimum Gasteiger partial charge on any atom is -0.500 e. The number of hydrogen-bond donors (Lipinski definition) is 0. The standard InChI is InChI=1S/C9H10N2OS/c1-12-7-3-4-8(7)13-9-10-5-2-6-11-9/h2,5-6H,3-4H2,1H3. The molecule has 1 aromatic heterocycles. The highest BCUT2D eigenvalue weighted by atomic mass is 32.2. The van der Waals surface area contributed by atoms with Crippen molar-refractivity contribution in [3.05, 3.63) is 29.1 Å². The Morgan fingerprint density at radius 1 is 1.31 bits per heavy atom. The molecule has 0 atom stereocenters. The molecule has 0 fully saturated rings. The molecule has 1 aliphatic carbocycles. The molecular weight excluding hydrogens is 184 g/mol. The number of rotatable bonds is 3. The van der Waals surface area contributed by atoms with E-state index in [0.717, 1.165) is 23.8 Å². The molecular formula is C9H10N2OS. The third-order valence-electron chi connectivity index (χ3n) is 1.89. The monoisotopic (exact) mass is 194 g/mol. The molecule has 4 heteroatoms. The van der Waals surface area contributed by atoms with Crippen molar-refractivity contribution in [1.82, 2.24) is 9.97 Å². The zero-order valence-corrected chi connectivity index (χ0v) is 8.17. The number of nitrogens with zero attached hydrogens (tertiary/aromatic N) is 2. The summed E-state index contributed by atoms with van der Waals surface area (Å²) in [5, 5.41) is 0.798. The summed E-state index contributed by atoms with van der Waals surface area (Å²) in [4.78, 5) is 9.52. The molecule has 1 heterocycles. The molecule has 2 rings (SSSR count). The van der Waals surface area contributed by atoms with Crippen LogP contribution in [0, 0.1) is 0 Å². The first-order valence-electron chi connectivity index (χ1n) is 4.11. The fourth-order valence-electron chi connectivity index (χ4n) is 1.10. The van der Waals surface area contributed by atoms with Crippen molar-refractivity contribution in [2.24, 2.45) is 0 Å². The molecule has 13 heavy (non-hydrogen) atoms. The maximum atomic E-state index is 5.17. The lowest BCUT2D eigenvalue weighted by Gasteiger charge is -2.20. The van der Waals surface area contributed by atoms with Crippen LogP contribution >= 0.6 is 11.8 Å². The number of methoxy groups -OCH3 is 1. The maximum Gasteiger partial charge on any atom is 0.192 e. The molecule has 1 aromatic rings. The summed E-state index contributed by atoms with van der Waals surface area (Å²) in [5.41, 5.74) is 0. The highest BCUT2D eigenvalue weighted by Gasteiger charge is 2.19. The molecule has 0 spiro atoms. The quantitative estimate of drug-likeness (QED) is 0.691. The Hall–Kier alpha value is -1.03. The van der Waals surface area contributed by atoms with Crippen LogP contribution in [0.15, 0.2) is 34.3 Å². The fourth-order valence-corrected chi connectivity index (χ4v) is 2.05. The highest BCUT2D eigenvalue weighted by Crippen LogP contribution is 2.39. The molecule has 0 saturated heterocycles. The Bertz CT molecular complexity index is 324. The Kier molecular flexibility index (Phi) is 2.49. The van der Waals surface area contributed by atoms with E-state index in [1.54, 1.807) is 31.3 Å². The van der Waals surface area contributed by atoms with E-state index >= 15 is 0 Å². The van der Waals surface area contributed by atoms with Crippen LogP contribution in [0.4, 0.5) is 0 Å². The molecule has 3 nitrogen and oxygen atoms in total. The van der Waals surface area contributed by atoms with Gasteiger partial charge < -0.3 is 4.74 Å². The predicted molar refractivity (Wildman–Crippen MR) is 51.2 cm³/mol. The number of thioether (sulfide) groups is 1. The van der Waals surface area contributed by atoms with Gasteiger partial charge in [-0.05, 0) is 12.5 Å². The SMILES string of the molecule is COC1=C(Sc2ncccn2)CC1. The van der Waals surface area contributed by atoms with Crippen molar-refractivity contribution in [3.63, 3.8) is 0 Å². The van der Waals surface area contributed by atoms with Crippen LogP contribution in [0.2, 0.25) is 0 Å².